The van der Waals surface area contributed by atoms with Crippen LogP contribution in [0.15, 0.2) is 22.7 Å². The predicted molar refractivity (Wildman–Crippen MR) is 59.7 cm³/mol. The Labute approximate surface area is 101 Å². The van der Waals surface area contributed by atoms with E-state index in [1.54, 1.807) is 0 Å². The first-order valence-electron chi connectivity index (χ1n) is 4.59. The number of hydrogen-bond acceptors (Lipinski definition) is 3. The van der Waals surface area contributed by atoms with Gasteiger partial charge in [0.05, 0.1) is 11.1 Å². The normalized spacial score (nSPS) is 9.94. The van der Waals surface area contributed by atoms with Gasteiger partial charge < -0.3 is 15.2 Å². The minimum Gasteiger partial charge on any atom is -0.482 e. The third-order valence-corrected chi connectivity index (χ3v) is 2.34. The number of amides is 1. The largest absolute Gasteiger partial charge is 0.482 e. The molecule has 6 heteroatoms. The molecular weight excluding hydrogens is 281 g/mol. The lowest BCUT2D eigenvalue weighted by molar-refractivity contribution is -0.123. The van der Waals surface area contributed by atoms with Crippen LogP contribution in [0.1, 0.15) is 0 Å². The summed E-state index contributed by atoms with van der Waals surface area (Å²) in [4.78, 5) is 11.1. The molecule has 0 bridgehead atoms. The highest BCUT2D eigenvalue weighted by atomic mass is 79.9. The molecule has 0 saturated heterocycles. The molecule has 1 aromatic carbocycles. The van der Waals surface area contributed by atoms with Crippen molar-refractivity contribution < 1.29 is 19.0 Å². The van der Waals surface area contributed by atoms with Gasteiger partial charge in [0.2, 0.25) is 0 Å². The van der Waals surface area contributed by atoms with Gasteiger partial charge in [0.15, 0.2) is 6.61 Å². The Morgan fingerprint density at radius 3 is 3.00 bits per heavy atom. The number of hydrogen-bond donors (Lipinski definition) is 2. The van der Waals surface area contributed by atoms with Crippen molar-refractivity contribution in [3.63, 3.8) is 0 Å². The number of ether oxygens (including phenoxy) is 1. The fourth-order valence-electron chi connectivity index (χ4n) is 0.977. The maximum Gasteiger partial charge on any atom is 0.258 e. The summed E-state index contributed by atoms with van der Waals surface area (Å²) in [7, 11) is 0. The van der Waals surface area contributed by atoms with E-state index in [1.807, 2.05) is 0 Å². The molecule has 0 unspecified atom stereocenters. The standard InChI is InChI=1S/C10H11BrFNO3/c11-8-2-1-7(12)5-9(8)16-6-10(15)13-3-4-14/h1-2,5,14H,3-4,6H2,(H,13,15). The Kier molecular flexibility index (Phi) is 5.21. The summed E-state index contributed by atoms with van der Waals surface area (Å²) < 4.78 is 18.5. The zero-order valence-electron chi connectivity index (χ0n) is 8.37. The average Bonchev–Trinajstić information content (AvgIpc) is 2.27. The first-order chi connectivity index (χ1) is 7.63. The highest BCUT2D eigenvalue weighted by molar-refractivity contribution is 9.10. The molecular formula is C10H11BrFNO3. The second kappa shape index (κ2) is 6.44. The van der Waals surface area contributed by atoms with Gasteiger partial charge in [-0.2, -0.15) is 0 Å². The molecule has 0 aliphatic heterocycles. The van der Waals surface area contributed by atoms with Crippen LogP contribution < -0.4 is 10.1 Å². The summed E-state index contributed by atoms with van der Waals surface area (Å²) in [5.74, 6) is -0.543. The van der Waals surface area contributed by atoms with E-state index in [2.05, 4.69) is 21.2 Å². The van der Waals surface area contributed by atoms with Crippen LogP contribution in [0.5, 0.6) is 5.75 Å². The zero-order chi connectivity index (χ0) is 12.0. The van der Waals surface area contributed by atoms with E-state index >= 15 is 0 Å². The monoisotopic (exact) mass is 291 g/mol. The number of aliphatic hydroxyl groups excluding tert-OH is 1. The van der Waals surface area contributed by atoms with E-state index in [-0.39, 0.29) is 31.4 Å². The van der Waals surface area contributed by atoms with Crippen molar-refractivity contribution in [2.24, 2.45) is 0 Å². The van der Waals surface area contributed by atoms with Gasteiger partial charge in [-0.15, -0.1) is 0 Å². The molecule has 4 nitrogen and oxygen atoms in total. The van der Waals surface area contributed by atoms with Crippen molar-refractivity contribution in [1.82, 2.24) is 5.32 Å². The second-order valence-corrected chi connectivity index (χ2v) is 3.79. The number of carbonyl (C=O) groups excluding carboxylic acids is 1. The molecule has 2 N–H and O–H groups in total. The summed E-state index contributed by atoms with van der Waals surface area (Å²) in [6.45, 7) is -0.177. The summed E-state index contributed by atoms with van der Waals surface area (Å²) in [6.07, 6.45) is 0. The Morgan fingerprint density at radius 1 is 1.56 bits per heavy atom. The fraction of sp³-hybridized carbons (Fsp3) is 0.300. The Bertz CT molecular complexity index is 373. The highest BCUT2D eigenvalue weighted by Gasteiger charge is 2.06. The quantitative estimate of drug-likeness (QED) is 0.853. The topological polar surface area (TPSA) is 58.6 Å². The molecule has 0 aromatic heterocycles. The van der Waals surface area contributed by atoms with Crippen molar-refractivity contribution in [1.29, 1.82) is 0 Å². The number of nitrogens with one attached hydrogen (secondary N) is 1. The van der Waals surface area contributed by atoms with Crippen molar-refractivity contribution in [2.75, 3.05) is 19.8 Å². The van der Waals surface area contributed by atoms with Gasteiger partial charge in [-0.05, 0) is 28.1 Å². The van der Waals surface area contributed by atoms with Crippen LogP contribution in [0.4, 0.5) is 4.39 Å². The molecule has 16 heavy (non-hydrogen) atoms. The lowest BCUT2D eigenvalue weighted by atomic mass is 10.3. The second-order valence-electron chi connectivity index (χ2n) is 2.94. The summed E-state index contributed by atoms with van der Waals surface area (Å²) in [5.41, 5.74) is 0. The van der Waals surface area contributed by atoms with Crippen molar-refractivity contribution in [3.05, 3.63) is 28.5 Å². The van der Waals surface area contributed by atoms with Gasteiger partial charge in [0, 0.05) is 12.6 Å². The van der Waals surface area contributed by atoms with Crippen LogP contribution in [0.2, 0.25) is 0 Å². The maximum absolute atomic E-state index is 12.8. The van der Waals surface area contributed by atoms with Gasteiger partial charge in [-0.25, -0.2) is 4.39 Å². The molecule has 0 atom stereocenters. The van der Waals surface area contributed by atoms with Crippen LogP contribution in [0.25, 0.3) is 0 Å². The minimum absolute atomic E-state index is 0.130. The average molecular weight is 292 g/mol. The number of halogens is 2. The fourth-order valence-corrected chi connectivity index (χ4v) is 1.34. The number of carbonyl (C=O) groups is 1. The lowest BCUT2D eigenvalue weighted by Gasteiger charge is -2.08. The predicted octanol–water partition coefficient (Wildman–Crippen LogP) is 1.08. The minimum atomic E-state index is -0.436. The van der Waals surface area contributed by atoms with E-state index in [9.17, 15) is 9.18 Å². The summed E-state index contributed by atoms with van der Waals surface area (Å²) in [6, 6.07) is 3.96. The van der Waals surface area contributed by atoms with Crippen LogP contribution in [0, 0.1) is 5.82 Å². The molecule has 88 valence electrons. The van der Waals surface area contributed by atoms with E-state index in [0.717, 1.165) is 0 Å². The smallest absolute Gasteiger partial charge is 0.258 e. The maximum atomic E-state index is 12.8. The summed E-state index contributed by atoms with van der Waals surface area (Å²) in [5, 5.41) is 10.9. The summed E-state index contributed by atoms with van der Waals surface area (Å²) >= 11 is 3.17. The Balaban J connectivity index is 2.47. The van der Waals surface area contributed by atoms with Crippen LogP contribution in [-0.4, -0.2) is 30.8 Å². The van der Waals surface area contributed by atoms with E-state index in [0.29, 0.717) is 4.47 Å². The van der Waals surface area contributed by atoms with Crippen LogP contribution in [0.3, 0.4) is 0 Å². The molecule has 0 aliphatic carbocycles. The SMILES string of the molecule is O=C(COc1cc(F)ccc1Br)NCCO. The van der Waals surface area contributed by atoms with Gasteiger partial charge in [-0.3, -0.25) is 4.79 Å². The van der Waals surface area contributed by atoms with Crippen LogP contribution >= 0.6 is 15.9 Å². The zero-order valence-corrected chi connectivity index (χ0v) is 9.96. The third kappa shape index (κ3) is 4.16. The molecule has 0 saturated carbocycles. The Hall–Kier alpha value is -1.14. The van der Waals surface area contributed by atoms with E-state index < -0.39 is 5.82 Å². The first kappa shape index (κ1) is 12.9. The molecule has 1 amide bonds. The van der Waals surface area contributed by atoms with Crippen molar-refractivity contribution in [2.45, 2.75) is 0 Å². The van der Waals surface area contributed by atoms with Gasteiger partial charge in [-0.1, -0.05) is 0 Å². The van der Waals surface area contributed by atoms with E-state index in [1.165, 1.54) is 18.2 Å². The number of aliphatic hydroxyl groups is 1. The van der Waals surface area contributed by atoms with E-state index in [4.69, 9.17) is 9.84 Å². The highest BCUT2D eigenvalue weighted by Crippen LogP contribution is 2.25. The molecule has 0 spiro atoms. The van der Waals surface area contributed by atoms with Crippen molar-refractivity contribution in [3.8, 4) is 5.75 Å². The van der Waals surface area contributed by atoms with Gasteiger partial charge >= 0.3 is 0 Å². The number of rotatable bonds is 5. The molecule has 0 heterocycles. The molecule has 0 radical (unpaired) electrons. The first-order valence-corrected chi connectivity index (χ1v) is 5.38. The third-order valence-electron chi connectivity index (χ3n) is 1.69. The molecule has 0 fully saturated rings. The Morgan fingerprint density at radius 2 is 2.31 bits per heavy atom. The van der Waals surface area contributed by atoms with Gasteiger partial charge in [0.25, 0.3) is 5.91 Å². The molecule has 0 aliphatic rings. The lowest BCUT2D eigenvalue weighted by Crippen LogP contribution is -2.31. The van der Waals surface area contributed by atoms with Gasteiger partial charge in [0.1, 0.15) is 11.6 Å². The molecule has 1 aromatic rings. The van der Waals surface area contributed by atoms with Crippen molar-refractivity contribution >= 4 is 21.8 Å². The van der Waals surface area contributed by atoms with Crippen LogP contribution in [-0.2, 0) is 4.79 Å². The number of benzene rings is 1. The molecule has 1 rings (SSSR count).